The second-order valence-corrected chi connectivity index (χ2v) is 7.65. The molecule has 0 aromatic heterocycles. The second-order valence-electron chi connectivity index (χ2n) is 7.65. The summed E-state index contributed by atoms with van der Waals surface area (Å²) < 4.78 is 19.0. The van der Waals surface area contributed by atoms with Crippen LogP contribution < -0.4 is 4.74 Å². The third kappa shape index (κ3) is 8.64. The summed E-state index contributed by atoms with van der Waals surface area (Å²) in [6.45, 7) is 15.3. The van der Waals surface area contributed by atoms with Gasteiger partial charge in [-0.1, -0.05) is 50.8 Å². The largest absolute Gasteiger partial charge is 0.493 e. The lowest BCUT2D eigenvalue weighted by Gasteiger charge is -2.19. The Hall–Kier alpha value is -3.18. The number of carbonyl (C=O) groups excluding carboxylic acids is 1. The van der Waals surface area contributed by atoms with Crippen LogP contribution in [-0.2, 0) is 11.3 Å². The summed E-state index contributed by atoms with van der Waals surface area (Å²) in [7, 11) is 1.00. The molecule has 0 bridgehead atoms. The number of hydrogen-bond donors (Lipinski definition) is 1. The Labute approximate surface area is 204 Å². The molecule has 1 N–H and O–H groups in total. The fraction of sp³-hybridized carbons (Fsp3) is 0.345. The van der Waals surface area contributed by atoms with Crippen molar-refractivity contribution in [3.63, 3.8) is 0 Å². The number of aliphatic hydroxyl groups excluding tert-OH is 1. The van der Waals surface area contributed by atoms with E-state index in [0.29, 0.717) is 24.7 Å². The van der Waals surface area contributed by atoms with Crippen LogP contribution in [-0.4, -0.2) is 36.6 Å². The number of nitrogens with zero attached hydrogens (tertiary/aromatic N) is 1. The van der Waals surface area contributed by atoms with Gasteiger partial charge in [-0.25, -0.2) is 4.39 Å². The van der Waals surface area contributed by atoms with Crippen LogP contribution in [0, 0.1) is 11.7 Å². The molecule has 1 aliphatic heterocycles. The van der Waals surface area contributed by atoms with Crippen LogP contribution in [0.2, 0.25) is 0 Å². The normalized spacial score (nSPS) is 14.1. The highest BCUT2D eigenvalue weighted by molar-refractivity contribution is 5.96. The topological polar surface area (TPSA) is 49.8 Å². The number of allylic oxidation sites excluding steroid dienone is 2. The van der Waals surface area contributed by atoms with Crippen molar-refractivity contribution in [2.75, 3.05) is 20.3 Å². The first-order valence-corrected chi connectivity index (χ1v) is 11.7. The first kappa shape index (κ1) is 28.9. The van der Waals surface area contributed by atoms with E-state index in [9.17, 15) is 9.18 Å². The maximum atomic E-state index is 13.1. The Morgan fingerprint density at radius 1 is 1.15 bits per heavy atom. The lowest BCUT2D eigenvalue weighted by molar-refractivity contribution is -0.106. The summed E-state index contributed by atoms with van der Waals surface area (Å²) in [5.74, 6) is 1.24. The number of ether oxygens (including phenoxy) is 1. The van der Waals surface area contributed by atoms with Crippen LogP contribution in [0.25, 0.3) is 5.57 Å². The summed E-state index contributed by atoms with van der Waals surface area (Å²) >= 11 is 0. The van der Waals surface area contributed by atoms with Gasteiger partial charge in [0.05, 0.1) is 12.3 Å². The number of hydrogen-bond acceptors (Lipinski definition) is 4. The van der Waals surface area contributed by atoms with E-state index in [-0.39, 0.29) is 5.82 Å². The van der Waals surface area contributed by atoms with Gasteiger partial charge in [-0.15, -0.1) is 6.58 Å². The molecule has 5 heteroatoms. The van der Waals surface area contributed by atoms with Gasteiger partial charge in [0, 0.05) is 25.8 Å². The van der Waals surface area contributed by atoms with Crippen LogP contribution >= 0.6 is 0 Å². The monoisotopic (exact) mass is 467 g/mol. The van der Waals surface area contributed by atoms with Crippen molar-refractivity contribution in [2.45, 2.75) is 40.2 Å². The van der Waals surface area contributed by atoms with Crippen molar-refractivity contribution >= 4 is 11.9 Å². The molecule has 4 rings (SSSR count). The zero-order chi connectivity index (χ0) is 25.5. The minimum absolute atomic E-state index is 0.264. The van der Waals surface area contributed by atoms with E-state index in [2.05, 4.69) is 13.2 Å². The van der Waals surface area contributed by atoms with Gasteiger partial charge in [-0.05, 0) is 66.6 Å². The van der Waals surface area contributed by atoms with Gasteiger partial charge in [-0.3, -0.25) is 4.79 Å². The zero-order valence-electron chi connectivity index (χ0n) is 20.9. The summed E-state index contributed by atoms with van der Waals surface area (Å²) in [5.41, 5.74) is 4.27. The minimum Gasteiger partial charge on any atom is -0.493 e. The molecular formula is C29H38FNO3. The Morgan fingerprint density at radius 3 is 2.32 bits per heavy atom. The Kier molecular flexibility index (Phi) is 13.3. The number of halogens is 1. The van der Waals surface area contributed by atoms with Crippen molar-refractivity contribution in [3.8, 4) is 5.75 Å². The molecule has 0 amide bonds. The predicted molar refractivity (Wildman–Crippen MR) is 139 cm³/mol. The average molecular weight is 468 g/mol. The Morgan fingerprint density at radius 2 is 1.76 bits per heavy atom. The van der Waals surface area contributed by atoms with Crippen molar-refractivity contribution in [3.05, 3.63) is 96.0 Å². The highest BCUT2D eigenvalue weighted by Gasteiger charge is 2.27. The summed E-state index contributed by atoms with van der Waals surface area (Å²) in [6.07, 6.45) is 5.12. The van der Waals surface area contributed by atoms with Gasteiger partial charge < -0.3 is 14.7 Å². The molecule has 1 aliphatic carbocycles. The standard InChI is InChI=1S/C23H22FNO2.C3H6.C2H6.CH4O/c1-16-12-25(13-17-7-9-20(24)10-8-17)22(14-26)23(16)19-3-2-4-21(11-19)27-15-18-5-6-18;1-3-2;2*1-2/h2-4,7-11,14,18H,1,5-6,12-13,15H2;3H,1H2,2H3;1-2H3;2H,1H3. The van der Waals surface area contributed by atoms with Crippen LogP contribution in [0.15, 0.2) is 79.0 Å². The van der Waals surface area contributed by atoms with Crippen molar-refractivity contribution < 1.29 is 19.0 Å². The maximum absolute atomic E-state index is 13.1. The third-order valence-electron chi connectivity index (χ3n) is 5.04. The smallest absolute Gasteiger partial charge is 0.166 e. The molecule has 0 saturated heterocycles. The van der Waals surface area contributed by atoms with Crippen molar-refractivity contribution in [1.29, 1.82) is 0 Å². The summed E-state index contributed by atoms with van der Waals surface area (Å²) in [4.78, 5) is 13.8. The van der Waals surface area contributed by atoms with Crippen molar-refractivity contribution in [1.82, 2.24) is 4.90 Å². The second kappa shape index (κ2) is 15.6. The van der Waals surface area contributed by atoms with Gasteiger partial charge in [0.1, 0.15) is 11.6 Å². The van der Waals surface area contributed by atoms with Crippen LogP contribution in [0.3, 0.4) is 0 Å². The lowest BCUT2D eigenvalue weighted by Crippen LogP contribution is -2.20. The van der Waals surface area contributed by atoms with E-state index in [0.717, 1.165) is 48.0 Å². The van der Waals surface area contributed by atoms with Gasteiger partial charge >= 0.3 is 0 Å². The minimum atomic E-state index is -0.264. The van der Waals surface area contributed by atoms with E-state index in [1.54, 1.807) is 18.2 Å². The Balaban J connectivity index is 0.000000750. The molecule has 2 aliphatic rings. The quantitative estimate of drug-likeness (QED) is 0.377. The van der Waals surface area contributed by atoms with Crippen LogP contribution in [0.4, 0.5) is 4.39 Å². The molecular weight excluding hydrogens is 429 g/mol. The zero-order valence-corrected chi connectivity index (χ0v) is 20.9. The molecule has 4 nitrogen and oxygen atoms in total. The fourth-order valence-electron chi connectivity index (χ4n) is 3.41. The van der Waals surface area contributed by atoms with Crippen molar-refractivity contribution in [2.24, 2.45) is 5.92 Å². The molecule has 0 atom stereocenters. The average Bonchev–Trinajstić information content (AvgIpc) is 3.64. The third-order valence-corrected chi connectivity index (χ3v) is 5.04. The SMILES string of the molecule is C=C1CN(Cc2ccc(F)cc2)C(C=O)=C1c1cccc(OCC2CC2)c1.C=CC.CC.CO. The first-order chi connectivity index (χ1) is 16.5. The number of rotatable bonds is 7. The van der Waals surface area contributed by atoms with Gasteiger partial charge in [0.25, 0.3) is 0 Å². The van der Waals surface area contributed by atoms with Crippen LogP contribution in [0.5, 0.6) is 5.75 Å². The first-order valence-electron chi connectivity index (χ1n) is 11.7. The molecule has 34 heavy (non-hydrogen) atoms. The summed E-state index contributed by atoms with van der Waals surface area (Å²) in [5, 5.41) is 7.00. The van der Waals surface area contributed by atoms with Gasteiger partial charge in [-0.2, -0.15) is 0 Å². The molecule has 0 unspecified atom stereocenters. The maximum Gasteiger partial charge on any atom is 0.166 e. The molecule has 184 valence electrons. The van der Waals surface area contributed by atoms with Gasteiger partial charge in [0.15, 0.2) is 6.29 Å². The molecule has 1 fully saturated rings. The lowest BCUT2D eigenvalue weighted by atomic mass is 10.00. The van der Waals surface area contributed by atoms with E-state index in [4.69, 9.17) is 9.84 Å². The molecule has 2 aromatic carbocycles. The molecule has 2 aromatic rings. The predicted octanol–water partition coefficient (Wildman–Crippen LogP) is 6.42. The fourth-order valence-corrected chi connectivity index (χ4v) is 3.41. The number of benzene rings is 2. The molecule has 1 saturated carbocycles. The van der Waals surface area contributed by atoms with E-state index in [1.807, 2.05) is 49.9 Å². The number of carbonyl (C=O) groups is 1. The van der Waals surface area contributed by atoms with E-state index < -0.39 is 0 Å². The Bertz CT molecular complexity index is 946. The number of aliphatic hydroxyl groups is 1. The molecule has 0 radical (unpaired) electrons. The van der Waals surface area contributed by atoms with Gasteiger partial charge in [0.2, 0.25) is 0 Å². The molecule has 1 heterocycles. The van der Waals surface area contributed by atoms with Crippen LogP contribution in [0.1, 0.15) is 44.7 Å². The highest BCUT2D eigenvalue weighted by Crippen LogP contribution is 2.36. The number of aldehydes is 1. The molecule has 0 spiro atoms. The van der Waals surface area contributed by atoms with E-state index in [1.165, 1.54) is 25.0 Å². The summed E-state index contributed by atoms with van der Waals surface area (Å²) in [6, 6.07) is 14.2. The van der Waals surface area contributed by atoms with E-state index >= 15 is 0 Å². The highest BCUT2D eigenvalue weighted by atomic mass is 19.1.